The van der Waals surface area contributed by atoms with Gasteiger partial charge in [0, 0.05) is 18.5 Å². The van der Waals surface area contributed by atoms with Crippen LogP contribution in [0, 0.1) is 5.92 Å². The lowest BCUT2D eigenvalue weighted by Crippen LogP contribution is -2.37. The maximum absolute atomic E-state index is 12.7. The van der Waals surface area contributed by atoms with Crippen LogP contribution in [0.5, 0.6) is 0 Å². The van der Waals surface area contributed by atoms with Gasteiger partial charge in [-0.05, 0) is 36.9 Å². The number of benzene rings is 1. The zero-order valence-electron chi connectivity index (χ0n) is 11.8. The Balaban J connectivity index is 0.00000176. The third-order valence-electron chi connectivity index (χ3n) is 4.18. The molecule has 3 atom stereocenters. The largest absolute Gasteiger partial charge is 0.416 e. The van der Waals surface area contributed by atoms with E-state index in [-0.39, 0.29) is 36.2 Å². The number of amides is 1. The lowest BCUT2D eigenvalue weighted by molar-refractivity contribution is -0.137. The molecule has 1 saturated heterocycles. The first-order valence-corrected chi connectivity index (χ1v) is 7.13. The Morgan fingerprint density at radius 3 is 2.73 bits per heavy atom. The monoisotopic (exact) mass is 334 g/mol. The van der Waals surface area contributed by atoms with Crippen molar-refractivity contribution in [3.05, 3.63) is 35.4 Å². The highest BCUT2D eigenvalue weighted by atomic mass is 35.5. The van der Waals surface area contributed by atoms with Gasteiger partial charge in [0.1, 0.15) is 0 Å². The van der Waals surface area contributed by atoms with E-state index in [0.717, 1.165) is 31.6 Å². The Labute approximate surface area is 133 Å². The first-order valence-electron chi connectivity index (χ1n) is 7.13. The Hall–Kier alpha value is -1.27. The highest BCUT2D eigenvalue weighted by molar-refractivity contribution is 5.85. The second-order valence-corrected chi connectivity index (χ2v) is 5.77. The van der Waals surface area contributed by atoms with Gasteiger partial charge in [0.25, 0.3) is 0 Å². The number of rotatable bonds is 3. The fourth-order valence-electron chi connectivity index (χ4n) is 2.88. The van der Waals surface area contributed by atoms with Gasteiger partial charge >= 0.3 is 6.18 Å². The van der Waals surface area contributed by atoms with Gasteiger partial charge in [0.2, 0.25) is 5.91 Å². The Kier molecular flexibility index (Phi) is 5.02. The van der Waals surface area contributed by atoms with Crippen molar-refractivity contribution >= 4 is 18.3 Å². The third kappa shape index (κ3) is 3.73. The molecule has 1 heterocycles. The molecule has 2 aliphatic rings. The summed E-state index contributed by atoms with van der Waals surface area (Å²) in [6.07, 6.45) is -2.79. The Morgan fingerprint density at radius 2 is 2.09 bits per heavy atom. The predicted octanol–water partition coefficient (Wildman–Crippen LogP) is 2.71. The standard InChI is InChI=1S/C15H17F3N2O.ClH/c16-15(17,18)10-3-1-2-9(6-10)12-7-13(12)14(21)20-11-4-5-19-8-11;/h1-3,6,11-13,19H,4-5,7-8H2,(H,20,21);1H. The summed E-state index contributed by atoms with van der Waals surface area (Å²) in [6.45, 7) is 1.67. The second-order valence-electron chi connectivity index (χ2n) is 5.77. The molecule has 0 bridgehead atoms. The molecule has 0 radical (unpaired) electrons. The molecular weight excluding hydrogens is 317 g/mol. The smallest absolute Gasteiger partial charge is 0.352 e. The zero-order valence-corrected chi connectivity index (χ0v) is 12.6. The lowest BCUT2D eigenvalue weighted by Gasteiger charge is -2.11. The number of carbonyl (C=O) groups excluding carboxylic acids is 1. The van der Waals surface area contributed by atoms with E-state index in [9.17, 15) is 18.0 Å². The highest BCUT2D eigenvalue weighted by Crippen LogP contribution is 2.48. The van der Waals surface area contributed by atoms with Gasteiger partial charge in [-0.3, -0.25) is 4.79 Å². The van der Waals surface area contributed by atoms with Crippen LogP contribution < -0.4 is 10.6 Å². The second kappa shape index (κ2) is 6.46. The molecule has 1 saturated carbocycles. The van der Waals surface area contributed by atoms with Crippen molar-refractivity contribution in [1.82, 2.24) is 10.6 Å². The number of alkyl halides is 3. The Morgan fingerprint density at radius 1 is 1.32 bits per heavy atom. The van der Waals surface area contributed by atoms with E-state index in [2.05, 4.69) is 10.6 Å². The molecule has 3 unspecified atom stereocenters. The number of halogens is 4. The van der Waals surface area contributed by atoms with Crippen LogP contribution in [-0.2, 0) is 11.0 Å². The maximum atomic E-state index is 12.7. The topological polar surface area (TPSA) is 41.1 Å². The van der Waals surface area contributed by atoms with E-state index in [4.69, 9.17) is 0 Å². The maximum Gasteiger partial charge on any atom is 0.416 e. The van der Waals surface area contributed by atoms with Crippen LogP contribution in [0.15, 0.2) is 24.3 Å². The molecule has 3 nitrogen and oxygen atoms in total. The molecule has 122 valence electrons. The molecule has 1 amide bonds. The SMILES string of the molecule is Cl.O=C(NC1CCNC1)C1CC1c1cccc(C(F)(F)F)c1. The van der Waals surface area contributed by atoms with Crippen LogP contribution >= 0.6 is 12.4 Å². The van der Waals surface area contributed by atoms with E-state index in [1.54, 1.807) is 6.07 Å². The summed E-state index contributed by atoms with van der Waals surface area (Å²) in [6, 6.07) is 5.46. The number of hydrogen-bond acceptors (Lipinski definition) is 2. The lowest BCUT2D eigenvalue weighted by atomic mass is 10.1. The normalized spacial score (nSPS) is 27.1. The third-order valence-corrected chi connectivity index (χ3v) is 4.18. The summed E-state index contributed by atoms with van der Waals surface area (Å²) < 4.78 is 38.1. The van der Waals surface area contributed by atoms with Crippen molar-refractivity contribution in [1.29, 1.82) is 0 Å². The van der Waals surface area contributed by atoms with Crippen LogP contribution in [0.25, 0.3) is 0 Å². The quantitative estimate of drug-likeness (QED) is 0.892. The molecule has 7 heteroatoms. The van der Waals surface area contributed by atoms with Gasteiger partial charge in [-0.25, -0.2) is 0 Å². The minimum atomic E-state index is -4.34. The van der Waals surface area contributed by atoms with Gasteiger partial charge in [0.15, 0.2) is 0 Å². The first kappa shape index (κ1) is 17.1. The van der Waals surface area contributed by atoms with Crippen molar-refractivity contribution in [2.45, 2.75) is 31.0 Å². The number of carbonyl (C=O) groups is 1. The van der Waals surface area contributed by atoms with Gasteiger partial charge in [-0.1, -0.05) is 18.2 Å². The van der Waals surface area contributed by atoms with Gasteiger partial charge in [-0.2, -0.15) is 13.2 Å². The van der Waals surface area contributed by atoms with E-state index in [1.807, 2.05) is 0 Å². The molecule has 1 aromatic carbocycles. The molecule has 0 aromatic heterocycles. The molecular formula is C15H18ClF3N2O. The summed E-state index contributed by atoms with van der Waals surface area (Å²) in [4.78, 5) is 12.1. The van der Waals surface area contributed by atoms with Crippen LogP contribution in [-0.4, -0.2) is 25.0 Å². The van der Waals surface area contributed by atoms with Crippen molar-refractivity contribution in [3.8, 4) is 0 Å². The Bertz CT molecular complexity index is 544. The van der Waals surface area contributed by atoms with Crippen molar-refractivity contribution in [3.63, 3.8) is 0 Å². The fourth-order valence-corrected chi connectivity index (χ4v) is 2.88. The first-order chi connectivity index (χ1) is 9.95. The van der Waals surface area contributed by atoms with Gasteiger partial charge in [-0.15, -0.1) is 12.4 Å². The molecule has 3 rings (SSSR count). The van der Waals surface area contributed by atoms with Crippen molar-refractivity contribution < 1.29 is 18.0 Å². The van der Waals surface area contributed by atoms with Crippen LogP contribution in [0.2, 0.25) is 0 Å². The molecule has 2 fully saturated rings. The summed E-state index contributed by atoms with van der Waals surface area (Å²) >= 11 is 0. The minimum absolute atomic E-state index is 0. The molecule has 0 spiro atoms. The van der Waals surface area contributed by atoms with Gasteiger partial charge in [0.05, 0.1) is 5.56 Å². The molecule has 1 aliphatic heterocycles. The summed E-state index contributed by atoms with van der Waals surface area (Å²) in [5, 5.41) is 6.13. The highest BCUT2D eigenvalue weighted by Gasteiger charge is 2.45. The average Bonchev–Trinajstić information content (AvgIpc) is 3.09. The van der Waals surface area contributed by atoms with Crippen LogP contribution in [0.3, 0.4) is 0 Å². The number of hydrogen-bond donors (Lipinski definition) is 2. The summed E-state index contributed by atoms with van der Waals surface area (Å²) in [7, 11) is 0. The van der Waals surface area contributed by atoms with E-state index >= 15 is 0 Å². The van der Waals surface area contributed by atoms with Crippen molar-refractivity contribution in [2.24, 2.45) is 5.92 Å². The van der Waals surface area contributed by atoms with E-state index < -0.39 is 11.7 Å². The van der Waals surface area contributed by atoms with Gasteiger partial charge < -0.3 is 10.6 Å². The predicted molar refractivity (Wildman–Crippen MR) is 79.0 cm³/mol. The average molecular weight is 335 g/mol. The molecule has 22 heavy (non-hydrogen) atoms. The minimum Gasteiger partial charge on any atom is -0.352 e. The molecule has 1 aliphatic carbocycles. The van der Waals surface area contributed by atoms with E-state index in [1.165, 1.54) is 6.07 Å². The van der Waals surface area contributed by atoms with Crippen LogP contribution in [0.1, 0.15) is 29.9 Å². The number of nitrogens with one attached hydrogen (secondary N) is 2. The fraction of sp³-hybridized carbons (Fsp3) is 0.533. The summed E-state index contributed by atoms with van der Waals surface area (Å²) in [5.74, 6) is -0.304. The van der Waals surface area contributed by atoms with E-state index in [0.29, 0.717) is 12.0 Å². The zero-order chi connectivity index (χ0) is 15.0. The van der Waals surface area contributed by atoms with Crippen molar-refractivity contribution in [2.75, 3.05) is 13.1 Å². The molecule has 2 N–H and O–H groups in total. The summed E-state index contributed by atoms with van der Waals surface area (Å²) in [5.41, 5.74) is -0.0411. The van der Waals surface area contributed by atoms with Crippen LogP contribution in [0.4, 0.5) is 13.2 Å². The molecule has 1 aromatic rings.